The van der Waals surface area contributed by atoms with Crippen LogP contribution in [0, 0.1) is 0 Å². The van der Waals surface area contributed by atoms with Crippen LogP contribution >= 0.6 is 0 Å². The van der Waals surface area contributed by atoms with Crippen LogP contribution in [0.2, 0.25) is 0 Å². The number of rotatable bonds is 4. The molecule has 0 aliphatic rings. The molecule has 0 spiro atoms. The highest BCUT2D eigenvalue weighted by atomic mass is 16.3. The van der Waals surface area contributed by atoms with Crippen molar-refractivity contribution in [3.8, 4) is 5.88 Å². The molecule has 110 valence electrons. The Morgan fingerprint density at radius 2 is 1.68 bits per heavy atom. The minimum Gasteiger partial charge on any atom is -0.491 e. The lowest BCUT2D eigenvalue weighted by atomic mass is 10.2. The second-order valence-corrected chi connectivity index (χ2v) is 4.73. The third kappa shape index (κ3) is 2.95. The minimum atomic E-state index is -0.454. The van der Waals surface area contributed by atoms with Crippen molar-refractivity contribution in [2.45, 2.75) is 6.54 Å². The molecule has 1 heterocycles. The van der Waals surface area contributed by atoms with Gasteiger partial charge in [0.1, 0.15) is 0 Å². The number of anilines is 1. The summed E-state index contributed by atoms with van der Waals surface area (Å²) in [7, 11) is 0. The first-order valence-corrected chi connectivity index (χ1v) is 6.77. The van der Waals surface area contributed by atoms with Crippen LogP contribution in [0.3, 0.4) is 0 Å². The summed E-state index contributed by atoms with van der Waals surface area (Å²) in [5.74, 6) is -0.839. The fourth-order valence-corrected chi connectivity index (χ4v) is 2.10. The quantitative estimate of drug-likeness (QED) is 0.773. The van der Waals surface area contributed by atoms with E-state index in [0.717, 1.165) is 5.56 Å². The second-order valence-electron chi connectivity index (χ2n) is 4.73. The predicted octanol–water partition coefficient (Wildman–Crippen LogP) is 2.28. The molecule has 1 aromatic heterocycles. The monoisotopic (exact) mass is 294 g/mol. The summed E-state index contributed by atoms with van der Waals surface area (Å²) in [5.41, 5.74) is 1.63. The van der Waals surface area contributed by atoms with Crippen LogP contribution in [0.4, 0.5) is 5.69 Å². The highest BCUT2D eigenvalue weighted by molar-refractivity contribution is 6.04. The van der Waals surface area contributed by atoms with E-state index in [0.29, 0.717) is 12.2 Å². The van der Waals surface area contributed by atoms with Gasteiger partial charge in [0.25, 0.3) is 11.8 Å². The maximum Gasteiger partial charge on any atom is 0.279 e. The number of hydrogen-bond acceptors (Lipinski definition) is 4. The van der Waals surface area contributed by atoms with E-state index >= 15 is 0 Å². The summed E-state index contributed by atoms with van der Waals surface area (Å²) in [6.45, 7) is 0.353. The summed E-state index contributed by atoms with van der Waals surface area (Å²) in [4.78, 5) is 12.3. The molecule has 6 heteroatoms. The Bertz CT molecular complexity index is 769. The summed E-state index contributed by atoms with van der Waals surface area (Å²) in [5, 5.41) is 19.9. The van der Waals surface area contributed by atoms with Gasteiger partial charge in [-0.25, -0.2) is 4.68 Å². The standard InChI is InChI=1S/C16H14N4O2/c21-15(17-13-9-5-2-6-10-13)14-16(22)18-19-20(14)11-12-7-3-1-4-8-12/h1-10,22H,11H2,(H,17,21). The number of amides is 1. The molecule has 1 amide bonds. The van der Waals surface area contributed by atoms with E-state index in [2.05, 4.69) is 15.6 Å². The van der Waals surface area contributed by atoms with E-state index in [1.165, 1.54) is 4.68 Å². The molecule has 0 aliphatic heterocycles. The normalized spacial score (nSPS) is 10.4. The van der Waals surface area contributed by atoms with Crippen molar-refractivity contribution in [2.75, 3.05) is 5.32 Å². The van der Waals surface area contributed by atoms with Gasteiger partial charge in [-0.3, -0.25) is 4.79 Å². The zero-order valence-corrected chi connectivity index (χ0v) is 11.7. The van der Waals surface area contributed by atoms with Gasteiger partial charge in [0.05, 0.1) is 6.54 Å². The number of para-hydroxylation sites is 1. The van der Waals surface area contributed by atoms with Crippen LogP contribution in [0.5, 0.6) is 5.88 Å². The highest BCUT2D eigenvalue weighted by Crippen LogP contribution is 2.16. The van der Waals surface area contributed by atoms with E-state index in [4.69, 9.17) is 0 Å². The van der Waals surface area contributed by atoms with Gasteiger partial charge in [-0.15, -0.1) is 0 Å². The molecule has 6 nitrogen and oxygen atoms in total. The lowest BCUT2D eigenvalue weighted by Crippen LogP contribution is -2.18. The van der Waals surface area contributed by atoms with Crippen LogP contribution in [0.1, 0.15) is 16.1 Å². The Morgan fingerprint density at radius 1 is 1.05 bits per heavy atom. The fraction of sp³-hybridized carbons (Fsp3) is 0.0625. The maximum atomic E-state index is 12.3. The number of nitrogens with zero attached hydrogens (tertiary/aromatic N) is 3. The van der Waals surface area contributed by atoms with Crippen LogP contribution in [-0.2, 0) is 6.54 Å². The fourth-order valence-electron chi connectivity index (χ4n) is 2.10. The summed E-state index contributed by atoms with van der Waals surface area (Å²) in [6.07, 6.45) is 0. The summed E-state index contributed by atoms with van der Waals surface area (Å²) < 4.78 is 1.38. The molecule has 0 aliphatic carbocycles. The first-order chi connectivity index (χ1) is 10.7. The van der Waals surface area contributed by atoms with Crippen molar-refractivity contribution in [2.24, 2.45) is 0 Å². The molecule has 0 radical (unpaired) electrons. The number of benzene rings is 2. The first kappa shape index (κ1) is 13.8. The molecule has 0 saturated heterocycles. The predicted molar refractivity (Wildman–Crippen MR) is 81.6 cm³/mol. The van der Waals surface area contributed by atoms with Gasteiger partial charge in [-0.1, -0.05) is 58.8 Å². The molecule has 2 N–H and O–H groups in total. The van der Waals surface area contributed by atoms with Crippen molar-refractivity contribution in [1.82, 2.24) is 15.0 Å². The van der Waals surface area contributed by atoms with Gasteiger partial charge in [0.2, 0.25) is 0 Å². The molecular formula is C16H14N4O2. The largest absolute Gasteiger partial charge is 0.491 e. The maximum absolute atomic E-state index is 12.3. The van der Waals surface area contributed by atoms with Gasteiger partial charge in [-0.2, -0.15) is 0 Å². The van der Waals surface area contributed by atoms with Gasteiger partial charge in [0.15, 0.2) is 5.69 Å². The lowest BCUT2D eigenvalue weighted by molar-refractivity contribution is 0.101. The zero-order valence-electron chi connectivity index (χ0n) is 11.7. The molecule has 0 saturated carbocycles. The topological polar surface area (TPSA) is 80.0 Å². The van der Waals surface area contributed by atoms with Crippen molar-refractivity contribution in [3.05, 3.63) is 71.9 Å². The molecule has 0 atom stereocenters. The molecule has 22 heavy (non-hydrogen) atoms. The first-order valence-electron chi connectivity index (χ1n) is 6.77. The average molecular weight is 294 g/mol. The molecule has 0 unspecified atom stereocenters. The smallest absolute Gasteiger partial charge is 0.279 e. The molecule has 3 aromatic rings. The summed E-state index contributed by atoms with van der Waals surface area (Å²) >= 11 is 0. The van der Waals surface area contributed by atoms with Gasteiger partial charge in [0, 0.05) is 5.69 Å². The van der Waals surface area contributed by atoms with E-state index in [1.54, 1.807) is 12.1 Å². The Kier molecular flexibility index (Phi) is 3.82. The number of nitrogens with one attached hydrogen (secondary N) is 1. The van der Waals surface area contributed by atoms with Crippen LogP contribution in [-0.4, -0.2) is 26.0 Å². The van der Waals surface area contributed by atoms with E-state index in [9.17, 15) is 9.90 Å². The summed E-state index contributed by atoms with van der Waals surface area (Å²) in [6, 6.07) is 18.5. The average Bonchev–Trinajstić information content (AvgIpc) is 2.90. The van der Waals surface area contributed by atoms with E-state index < -0.39 is 5.91 Å². The highest BCUT2D eigenvalue weighted by Gasteiger charge is 2.20. The van der Waals surface area contributed by atoms with Gasteiger partial charge < -0.3 is 10.4 Å². The zero-order chi connectivity index (χ0) is 15.4. The Hall–Kier alpha value is -3.15. The van der Waals surface area contributed by atoms with Crippen molar-refractivity contribution in [3.63, 3.8) is 0 Å². The molecule has 3 rings (SSSR count). The number of carbonyl (C=O) groups is 1. The minimum absolute atomic E-state index is 0.0349. The van der Waals surface area contributed by atoms with Crippen LogP contribution in [0.15, 0.2) is 60.7 Å². The van der Waals surface area contributed by atoms with Crippen molar-refractivity contribution in [1.29, 1.82) is 0 Å². The third-order valence-corrected chi connectivity index (χ3v) is 3.14. The van der Waals surface area contributed by atoms with E-state index in [-0.39, 0.29) is 11.6 Å². The SMILES string of the molecule is O=C(Nc1ccccc1)c1c(O)nnn1Cc1ccccc1. The van der Waals surface area contributed by atoms with Crippen LogP contribution < -0.4 is 5.32 Å². The number of carbonyl (C=O) groups excluding carboxylic acids is 1. The molecule has 0 fully saturated rings. The number of hydrogen-bond donors (Lipinski definition) is 2. The molecule has 0 bridgehead atoms. The number of aromatic hydroxyl groups is 1. The van der Waals surface area contributed by atoms with Crippen molar-refractivity contribution < 1.29 is 9.90 Å². The number of aromatic nitrogens is 3. The Morgan fingerprint density at radius 3 is 2.36 bits per heavy atom. The van der Waals surface area contributed by atoms with Crippen molar-refractivity contribution >= 4 is 11.6 Å². The Labute approximate surface area is 127 Å². The molecule has 2 aromatic carbocycles. The third-order valence-electron chi connectivity index (χ3n) is 3.14. The second kappa shape index (κ2) is 6.09. The van der Waals surface area contributed by atoms with Gasteiger partial charge in [-0.05, 0) is 17.7 Å². The lowest BCUT2D eigenvalue weighted by Gasteiger charge is -2.07. The van der Waals surface area contributed by atoms with Gasteiger partial charge >= 0.3 is 0 Å². The van der Waals surface area contributed by atoms with E-state index in [1.807, 2.05) is 48.5 Å². The molecular weight excluding hydrogens is 280 g/mol. The van der Waals surface area contributed by atoms with Crippen LogP contribution in [0.25, 0.3) is 0 Å². The Balaban J connectivity index is 1.84.